The average Bonchev–Trinajstić information content (AvgIpc) is 3.32. The molecule has 132 valence electrons. The first kappa shape index (κ1) is 17.6. The van der Waals surface area contributed by atoms with Crippen molar-refractivity contribution in [2.75, 3.05) is 10.0 Å². The molecule has 0 aromatic heterocycles. The lowest BCUT2D eigenvalue weighted by Gasteiger charge is -2.11. The third kappa shape index (κ3) is 4.64. The highest BCUT2D eigenvalue weighted by atomic mass is 35.5. The summed E-state index contributed by atoms with van der Waals surface area (Å²) in [4.78, 5) is 11.9. The van der Waals surface area contributed by atoms with E-state index < -0.39 is 10.0 Å². The number of benzene rings is 2. The van der Waals surface area contributed by atoms with E-state index in [1.165, 1.54) is 12.1 Å². The van der Waals surface area contributed by atoms with Crippen LogP contribution in [0.2, 0.25) is 5.02 Å². The topological polar surface area (TPSA) is 87.3 Å². The summed E-state index contributed by atoms with van der Waals surface area (Å²) < 4.78 is 27.5. The van der Waals surface area contributed by atoms with Gasteiger partial charge in [-0.25, -0.2) is 13.2 Å². The van der Waals surface area contributed by atoms with Gasteiger partial charge in [-0.1, -0.05) is 11.6 Å². The van der Waals surface area contributed by atoms with Crippen LogP contribution < -0.4 is 15.4 Å². The van der Waals surface area contributed by atoms with Crippen LogP contribution in [0.4, 0.5) is 16.2 Å². The number of rotatable bonds is 5. The number of nitrogens with one attached hydrogen (secondary N) is 3. The highest BCUT2D eigenvalue weighted by Crippen LogP contribution is 2.23. The number of carbonyl (C=O) groups is 1. The van der Waals surface area contributed by atoms with E-state index in [1.54, 1.807) is 37.3 Å². The van der Waals surface area contributed by atoms with E-state index >= 15 is 0 Å². The fourth-order valence-electron chi connectivity index (χ4n) is 2.33. The van der Waals surface area contributed by atoms with Crippen LogP contribution in [0.25, 0.3) is 0 Å². The Morgan fingerprint density at radius 2 is 1.72 bits per heavy atom. The van der Waals surface area contributed by atoms with Gasteiger partial charge in [0.1, 0.15) is 0 Å². The second kappa shape index (κ2) is 6.93. The molecule has 1 fully saturated rings. The summed E-state index contributed by atoms with van der Waals surface area (Å²) in [5, 5.41) is 6.01. The number of urea groups is 1. The van der Waals surface area contributed by atoms with Gasteiger partial charge in [0, 0.05) is 22.4 Å². The summed E-state index contributed by atoms with van der Waals surface area (Å²) in [6.07, 6.45) is 2.02. The molecule has 1 saturated carbocycles. The molecule has 6 nitrogen and oxygen atoms in total. The molecule has 0 spiro atoms. The molecule has 3 rings (SSSR count). The molecule has 2 aromatic rings. The van der Waals surface area contributed by atoms with Crippen molar-refractivity contribution < 1.29 is 13.2 Å². The first-order valence-electron chi connectivity index (χ1n) is 7.80. The van der Waals surface area contributed by atoms with Gasteiger partial charge in [0.25, 0.3) is 10.0 Å². The molecule has 0 radical (unpaired) electrons. The molecule has 0 saturated heterocycles. The fraction of sp³-hybridized carbons (Fsp3) is 0.235. The smallest absolute Gasteiger partial charge is 0.319 e. The highest BCUT2D eigenvalue weighted by Gasteiger charge is 2.23. The van der Waals surface area contributed by atoms with Crippen molar-refractivity contribution in [2.45, 2.75) is 30.7 Å². The minimum Gasteiger partial charge on any atom is -0.335 e. The lowest BCUT2D eigenvalue weighted by Crippen LogP contribution is -2.30. The number of halogens is 1. The zero-order chi connectivity index (χ0) is 18.0. The van der Waals surface area contributed by atoms with Crippen molar-refractivity contribution in [3.05, 3.63) is 53.1 Å². The summed E-state index contributed by atoms with van der Waals surface area (Å²) in [6.45, 7) is 1.69. The molecule has 2 aromatic carbocycles. The largest absolute Gasteiger partial charge is 0.335 e. The van der Waals surface area contributed by atoms with Crippen LogP contribution in [0, 0.1) is 6.92 Å². The molecule has 3 N–H and O–H groups in total. The van der Waals surface area contributed by atoms with E-state index in [-0.39, 0.29) is 17.0 Å². The summed E-state index contributed by atoms with van der Waals surface area (Å²) in [6, 6.07) is 11.1. The first-order chi connectivity index (χ1) is 11.8. The maximum Gasteiger partial charge on any atom is 0.319 e. The number of anilines is 2. The Hall–Kier alpha value is -2.25. The molecular formula is C17H18ClN3O3S. The van der Waals surface area contributed by atoms with Crippen LogP contribution in [0.5, 0.6) is 0 Å². The molecule has 0 bridgehead atoms. The molecule has 1 aliphatic rings. The van der Waals surface area contributed by atoms with Crippen molar-refractivity contribution in [3.63, 3.8) is 0 Å². The van der Waals surface area contributed by atoms with Crippen molar-refractivity contribution in [1.29, 1.82) is 0 Å². The Kier molecular flexibility index (Phi) is 4.87. The monoisotopic (exact) mass is 379 g/mol. The van der Waals surface area contributed by atoms with Crippen molar-refractivity contribution in [1.82, 2.24) is 5.32 Å². The molecule has 8 heteroatoms. The Balaban J connectivity index is 1.68. The maximum absolute atomic E-state index is 12.5. The van der Waals surface area contributed by atoms with Crippen LogP contribution in [-0.4, -0.2) is 20.5 Å². The van der Waals surface area contributed by atoms with Gasteiger partial charge in [0.15, 0.2) is 0 Å². The molecule has 0 unspecified atom stereocenters. The Morgan fingerprint density at radius 1 is 1.08 bits per heavy atom. The van der Waals surface area contributed by atoms with Crippen LogP contribution in [0.1, 0.15) is 18.4 Å². The van der Waals surface area contributed by atoms with Crippen molar-refractivity contribution in [2.24, 2.45) is 0 Å². The van der Waals surface area contributed by atoms with Crippen LogP contribution in [-0.2, 0) is 10.0 Å². The van der Waals surface area contributed by atoms with Gasteiger partial charge < -0.3 is 10.6 Å². The van der Waals surface area contributed by atoms with Gasteiger partial charge in [-0.15, -0.1) is 0 Å². The number of aryl methyl sites for hydroxylation is 1. The van der Waals surface area contributed by atoms with Crippen molar-refractivity contribution >= 4 is 39.0 Å². The molecule has 25 heavy (non-hydrogen) atoms. The lowest BCUT2D eigenvalue weighted by molar-refractivity contribution is 0.251. The Morgan fingerprint density at radius 3 is 2.32 bits per heavy atom. The van der Waals surface area contributed by atoms with Gasteiger partial charge >= 0.3 is 6.03 Å². The summed E-state index contributed by atoms with van der Waals surface area (Å²) in [7, 11) is -3.71. The molecule has 0 heterocycles. The Labute approximate surface area is 151 Å². The maximum atomic E-state index is 12.5. The van der Waals surface area contributed by atoms with E-state index in [4.69, 9.17) is 11.6 Å². The van der Waals surface area contributed by atoms with Gasteiger partial charge in [0.2, 0.25) is 0 Å². The average molecular weight is 380 g/mol. The number of sulfonamides is 1. The predicted octanol–water partition coefficient (Wildman–Crippen LogP) is 3.73. The zero-order valence-electron chi connectivity index (χ0n) is 13.5. The van der Waals surface area contributed by atoms with Crippen LogP contribution >= 0.6 is 11.6 Å². The van der Waals surface area contributed by atoms with Gasteiger partial charge in [0.05, 0.1) is 4.90 Å². The van der Waals surface area contributed by atoms with Gasteiger partial charge in [-0.05, 0) is 67.8 Å². The van der Waals surface area contributed by atoms with Gasteiger partial charge in [-0.3, -0.25) is 4.72 Å². The molecule has 2 amide bonds. The van der Waals surface area contributed by atoms with E-state index in [2.05, 4.69) is 15.4 Å². The minimum absolute atomic E-state index is 0.169. The standard InChI is InChI=1S/C17H18ClN3O3S/c1-11-10-12(18)2-9-16(11)25(23,24)21-15-7-5-14(6-8-15)20-17(22)19-13-3-4-13/h2,5-10,13,21H,3-4H2,1H3,(H2,19,20,22). The fourth-order valence-corrected chi connectivity index (χ4v) is 3.84. The third-order valence-corrected chi connectivity index (χ3v) is 5.51. The lowest BCUT2D eigenvalue weighted by atomic mass is 10.2. The Bertz CT molecular complexity index is 894. The molecule has 0 atom stereocenters. The summed E-state index contributed by atoms with van der Waals surface area (Å²) in [5.41, 5.74) is 1.56. The van der Waals surface area contributed by atoms with E-state index in [0.717, 1.165) is 12.8 Å². The number of hydrogen-bond donors (Lipinski definition) is 3. The van der Waals surface area contributed by atoms with E-state index in [9.17, 15) is 13.2 Å². The first-order valence-corrected chi connectivity index (χ1v) is 9.66. The predicted molar refractivity (Wildman–Crippen MR) is 98.6 cm³/mol. The number of hydrogen-bond acceptors (Lipinski definition) is 3. The normalized spacial score (nSPS) is 14.0. The number of amides is 2. The summed E-state index contributed by atoms with van der Waals surface area (Å²) in [5.74, 6) is 0. The van der Waals surface area contributed by atoms with Crippen LogP contribution in [0.3, 0.4) is 0 Å². The zero-order valence-corrected chi connectivity index (χ0v) is 15.1. The third-order valence-electron chi connectivity index (χ3n) is 3.73. The molecular weight excluding hydrogens is 362 g/mol. The van der Waals surface area contributed by atoms with Crippen LogP contribution in [0.15, 0.2) is 47.4 Å². The molecule has 0 aliphatic heterocycles. The quantitative estimate of drug-likeness (QED) is 0.739. The second-order valence-electron chi connectivity index (χ2n) is 5.97. The van der Waals surface area contributed by atoms with E-state index in [1.807, 2.05) is 0 Å². The SMILES string of the molecule is Cc1cc(Cl)ccc1S(=O)(=O)Nc1ccc(NC(=O)NC2CC2)cc1. The second-order valence-corrected chi connectivity index (χ2v) is 8.05. The minimum atomic E-state index is -3.71. The van der Waals surface area contributed by atoms with E-state index in [0.29, 0.717) is 22.0 Å². The van der Waals surface area contributed by atoms with Crippen molar-refractivity contribution in [3.8, 4) is 0 Å². The molecule has 1 aliphatic carbocycles. The highest BCUT2D eigenvalue weighted by molar-refractivity contribution is 7.92. The number of carbonyl (C=O) groups excluding carboxylic acids is 1. The van der Waals surface area contributed by atoms with Gasteiger partial charge in [-0.2, -0.15) is 0 Å². The summed E-state index contributed by atoms with van der Waals surface area (Å²) >= 11 is 5.87.